The molecule has 2 nitrogen and oxygen atoms in total. The van der Waals surface area contributed by atoms with E-state index in [1.165, 1.54) is 12.0 Å². The third kappa shape index (κ3) is 4.34. The molecule has 18 heavy (non-hydrogen) atoms. The molecular formula is C16H27NO. The van der Waals surface area contributed by atoms with E-state index in [4.69, 9.17) is 4.74 Å². The van der Waals surface area contributed by atoms with Crippen LogP contribution in [0, 0.1) is 5.92 Å². The lowest BCUT2D eigenvalue weighted by Gasteiger charge is -2.22. The SMILES string of the molecule is CCCOc1ccccc1C(CC(C)CC)NC. The Morgan fingerprint density at radius 3 is 2.56 bits per heavy atom. The van der Waals surface area contributed by atoms with Gasteiger partial charge in [0.2, 0.25) is 0 Å². The van der Waals surface area contributed by atoms with Crippen molar-refractivity contribution in [2.45, 2.75) is 46.1 Å². The topological polar surface area (TPSA) is 21.3 Å². The van der Waals surface area contributed by atoms with Crippen molar-refractivity contribution < 1.29 is 4.74 Å². The second-order valence-electron chi connectivity index (χ2n) is 4.98. The largest absolute Gasteiger partial charge is 0.493 e. The number of hydrogen-bond acceptors (Lipinski definition) is 2. The van der Waals surface area contributed by atoms with E-state index >= 15 is 0 Å². The Balaban J connectivity index is 2.83. The van der Waals surface area contributed by atoms with E-state index in [1.54, 1.807) is 0 Å². The van der Waals surface area contributed by atoms with E-state index in [1.807, 2.05) is 13.1 Å². The molecule has 1 aromatic rings. The lowest BCUT2D eigenvalue weighted by atomic mass is 9.94. The fourth-order valence-electron chi connectivity index (χ4n) is 2.08. The minimum absolute atomic E-state index is 0.382. The van der Waals surface area contributed by atoms with Gasteiger partial charge in [-0.3, -0.25) is 0 Å². The molecule has 0 aliphatic heterocycles. The van der Waals surface area contributed by atoms with Crippen LogP contribution in [-0.2, 0) is 0 Å². The summed E-state index contributed by atoms with van der Waals surface area (Å²) in [6.45, 7) is 7.48. The first kappa shape index (κ1) is 15.0. The molecule has 0 heterocycles. The van der Waals surface area contributed by atoms with Crippen LogP contribution in [-0.4, -0.2) is 13.7 Å². The summed E-state index contributed by atoms with van der Waals surface area (Å²) in [5, 5.41) is 3.42. The molecule has 2 atom stereocenters. The third-order valence-electron chi connectivity index (χ3n) is 3.44. The van der Waals surface area contributed by atoms with Gasteiger partial charge in [0, 0.05) is 11.6 Å². The highest BCUT2D eigenvalue weighted by Crippen LogP contribution is 2.30. The van der Waals surface area contributed by atoms with Gasteiger partial charge in [0.1, 0.15) is 5.75 Å². The molecule has 0 aromatic heterocycles. The van der Waals surface area contributed by atoms with E-state index in [-0.39, 0.29) is 0 Å². The fraction of sp³-hybridized carbons (Fsp3) is 0.625. The molecule has 102 valence electrons. The van der Waals surface area contributed by atoms with Crippen LogP contribution in [0.25, 0.3) is 0 Å². The Kier molecular flexibility index (Phi) is 6.81. The average Bonchev–Trinajstić information content (AvgIpc) is 2.42. The molecule has 1 rings (SSSR count). The number of para-hydroxylation sites is 1. The first-order valence-corrected chi connectivity index (χ1v) is 7.11. The van der Waals surface area contributed by atoms with Crippen LogP contribution in [0.15, 0.2) is 24.3 Å². The molecular weight excluding hydrogens is 222 g/mol. The molecule has 0 saturated heterocycles. The smallest absolute Gasteiger partial charge is 0.124 e. The number of benzene rings is 1. The zero-order valence-electron chi connectivity index (χ0n) is 12.2. The fourth-order valence-corrected chi connectivity index (χ4v) is 2.08. The Bertz CT molecular complexity index is 338. The van der Waals surface area contributed by atoms with Gasteiger partial charge in [0.15, 0.2) is 0 Å². The maximum absolute atomic E-state index is 5.84. The molecule has 0 aliphatic rings. The first-order chi connectivity index (χ1) is 8.72. The van der Waals surface area contributed by atoms with Gasteiger partial charge < -0.3 is 10.1 Å². The van der Waals surface area contributed by atoms with Crippen molar-refractivity contribution in [3.05, 3.63) is 29.8 Å². The number of ether oxygens (including phenoxy) is 1. The maximum atomic E-state index is 5.84. The number of hydrogen-bond donors (Lipinski definition) is 1. The summed E-state index contributed by atoms with van der Waals surface area (Å²) >= 11 is 0. The van der Waals surface area contributed by atoms with Gasteiger partial charge >= 0.3 is 0 Å². The molecule has 0 bridgehead atoms. The zero-order valence-corrected chi connectivity index (χ0v) is 12.2. The molecule has 2 heteroatoms. The Hall–Kier alpha value is -1.02. The van der Waals surface area contributed by atoms with Gasteiger partial charge in [-0.15, -0.1) is 0 Å². The summed E-state index contributed by atoms with van der Waals surface area (Å²) in [4.78, 5) is 0. The van der Waals surface area contributed by atoms with E-state index in [0.717, 1.165) is 31.1 Å². The molecule has 0 fully saturated rings. The molecule has 2 unspecified atom stereocenters. The average molecular weight is 249 g/mol. The van der Waals surface area contributed by atoms with Gasteiger partial charge in [0.25, 0.3) is 0 Å². The number of rotatable bonds is 8. The van der Waals surface area contributed by atoms with Crippen LogP contribution in [0.4, 0.5) is 0 Å². The lowest BCUT2D eigenvalue weighted by molar-refractivity contribution is 0.307. The molecule has 0 saturated carbocycles. The van der Waals surface area contributed by atoms with E-state index in [2.05, 4.69) is 44.3 Å². The maximum Gasteiger partial charge on any atom is 0.124 e. The second kappa shape index (κ2) is 8.15. The Labute approximate surface area is 112 Å². The van der Waals surface area contributed by atoms with Crippen LogP contribution in [0.5, 0.6) is 5.75 Å². The monoisotopic (exact) mass is 249 g/mol. The predicted molar refractivity (Wildman–Crippen MR) is 78.1 cm³/mol. The van der Waals surface area contributed by atoms with Crippen molar-refractivity contribution in [3.8, 4) is 5.75 Å². The highest BCUT2D eigenvalue weighted by Gasteiger charge is 2.16. The Morgan fingerprint density at radius 1 is 1.22 bits per heavy atom. The summed E-state index contributed by atoms with van der Waals surface area (Å²) < 4.78 is 5.84. The zero-order chi connectivity index (χ0) is 13.4. The van der Waals surface area contributed by atoms with Crippen molar-refractivity contribution >= 4 is 0 Å². The van der Waals surface area contributed by atoms with Crippen LogP contribution in [0.2, 0.25) is 0 Å². The summed E-state index contributed by atoms with van der Waals surface area (Å²) in [7, 11) is 2.03. The highest BCUT2D eigenvalue weighted by atomic mass is 16.5. The quantitative estimate of drug-likeness (QED) is 0.746. The van der Waals surface area contributed by atoms with Crippen LogP contribution in [0.3, 0.4) is 0 Å². The predicted octanol–water partition coefficient (Wildman–Crippen LogP) is 4.17. The molecule has 0 spiro atoms. The van der Waals surface area contributed by atoms with Crippen molar-refractivity contribution in [1.82, 2.24) is 5.32 Å². The van der Waals surface area contributed by atoms with Crippen molar-refractivity contribution in [3.63, 3.8) is 0 Å². The Morgan fingerprint density at radius 2 is 1.94 bits per heavy atom. The molecule has 0 aliphatic carbocycles. The van der Waals surface area contributed by atoms with Crippen molar-refractivity contribution in [2.24, 2.45) is 5.92 Å². The standard InChI is InChI=1S/C16H27NO/c1-5-11-18-16-10-8-7-9-14(16)15(17-4)12-13(3)6-2/h7-10,13,15,17H,5-6,11-12H2,1-4H3. The molecule has 1 aromatic carbocycles. The lowest BCUT2D eigenvalue weighted by Crippen LogP contribution is -2.20. The van der Waals surface area contributed by atoms with E-state index in [0.29, 0.717) is 6.04 Å². The summed E-state index contributed by atoms with van der Waals surface area (Å²) in [6, 6.07) is 8.77. The van der Waals surface area contributed by atoms with Crippen LogP contribution in [0.1, 0.15) is 51.6 Å². The van der Waals surface area contributed by atoms with Gasteiger partial charge in [-0.25, -0.2) is 0 Å². The van der Waals surface area contributed by atoms with Gasteiger partial charge in [-0.1, -0.05) is 45.4 Å². The summed E-state index contributed by atoms with van der Waals surface area (Å²) in [5.41, 5.74) is 1.29. The summed E-state index contributed by atoms with van der Waals surface area (Å²) in [6.07, 6.45) is 3.42. The summed E-state index contributed by atoms with van der Waals surface area (Å²) in [5.74, 6) is 1.75. The normalized spacial score (nSPS) is 14.2. The van der Waals surface area contributed by atoms with Crippen molar-refractivity contribution in [1.29, 1.82) is 0 Å². The second-order valence-corrected chi connectivity index (χ2v) is 4.98. The van der Waals surface area contributed by atoms with Gasteiger partial charge in [0.05, 0.1) is 6.61 Å². The van der Waals surface area contributed by atoms with Gasteiger partial charge in [-0.2, -0.15) is 0 Å². The van der Waals surface area contributed by atoms with Crippen LogP contribution >= 0.6 is 0 Å². The first-order valence-electron chi connectivity index (χ1n) is 7.11. The minimum Gasteiger partial charge on any atom is -0.493 e. The van der Waals surface area contributed by atoms with Crippen LogP contribution < -0.4 is 10.1 Å². The third-order valence-corrected chi connectivity index (χ3v) is 3.44. The molecule has 1 N–H and O–H groups in total. The van der Waals surface area contributed by atoms with Crippen molar-refractivity contribution in [2.75, 3.05) is 13.7 Å². The highest BCUT2D eigenvalue weighted by molar-refractivity contribution is 5.36. The number of nitrogens with one attached hydrogen (secondary N) is 1. The van der Waals surface area contributed by atoms with Gasteiger partial charge in [-0.05, 0) is 31.9 Å². The van der Waals surface area contributed by atoms with E-state index < -0.39 is 0 Å². The van der Waals surface area contributed by atoms with E-state index in [9.17, 15) is 0 Å². The minimum atomic E-state index is 0.382. The molecule has 0 radical (unpaired) electrons. The molecule has 0 amide bonds.